The van der Waals surface area contributed by atoms with Crippen LogP contribution in [0, 0.1) is 0 Å². The van der Waals surface area contributed by atoms with Crippen LogP contribution >= 0.6 is 0 Å². The standard InChI is InChI=1S/C12H17N3O3/c1-3-15(2)11(16)7-18-12(17)9-5-4-8(13)6-10(9)14/h4-6H,3,7,13-14H2,1-2H3. The number of ether oxygens (including phenoxy) is 1. The molecule has 0 aliphatic carbocycles. The van der Waals surface area contributed by atoms with Gasteiger partial charge in [0.15, 0.2) is 6.61 Å². The van der Waals surface area contributed by atoms with Crippen LogP contribution in [0.4, 0.5) is 11.4 Å². The first-order valence-corrected chi connectivity index (χ1v) is 5.51. The molecule has 0 radical (unpaired) electrons. The molecule has 0 bridgehead atoms. The highest BCUT2D eigenvalue weighted by atomic mass is 16.5. The first-order valence-electron chi connectivity index (χ1n) is 5.51. The largest absolute Gasteiger partial charge is 0.452 e. The summed E-state index contributed by atoms with van der Waals surface area (Å²) in [6, 6.07) is 4.49. The lowest BCUT2D eigenvalue weighted by molar-refractivity contribution is -0.133. The molecule has 1 amide bonds. The Hall–Kier alpha value is -2.24. The second-order valence-electron chi connectivity index (χ2n) is 3.83. The zero-order chi connectivity index (χ0) is 13.7. The molecule has 6 heteroatoms. The minimum atomic E-state index is -0.634. The van der Waals surface area contributed by atoms with E-state index in [1.807, 2.05) is 6.92 Å². The fourth-order valence-corrected chi connectivity index (χ4v) is 1.26. The van der Waals surface area contributed by atoms with Gasteiger partial charge in [0.05, 0.1) is 5.56 Å². The number of carbonyl (C=O) groups is 2. The summed E-state index contributed by atoms with van der Waals surface area (Å²) in [5, 5.41) is 0. The van der Waals surface area contributed by atoms with Crippen molar-refractivity contribution in [3.05, 3.63) is 23.8 Å². The molecule has 0 aliphatic rings. The number of benzene rings is 1. The summed E-state index contributed by atoms with van der Waals surface area (Å²) in [4.78, 5) is 24.6. The summed E-state index contributed by atoms with van der Waals surface area (Å²) >= 11 is 0. The maximum atomic E-state index is 11.7. The molecule has 1 aromatic rings. The number of hydrogen-bond donors (Lipinski definition) is 2. The van der Waals surface area contributed by atoms with Crippen LogP contribution in [-0.4, -0.2) is 37.0 Å². The number of amides is 1. The van der Waals surface area contributed by atoms with Crippen LogP contribution < -0.4 is 11.5 Å². The third-order valence-electron chi connectivity index (χ3n) is 2.52. The Morgan fingerprint density at radius 1 is 1.33 bits per heavy atom. The maximum absolute atomic E-state index is 11.7. The normalized spacial score (nSPS) is 9.89. The molecule has 0 spiro atoms. The van der Waals surface area contributed by atoms with Crippen LogP contribution in [0.2, 0.25) is 0 Å². The highest BCUT2D eigenvalue weighted by Crippen LogP contribution is 2.16. The summed E-state index contributed by atoms with van der Waals surface area (Å²) in [7, 11) is 1.63. The van der Waals surface area contributed by atoms with E-state index in [2.05, 4.69) is 0 Å². The highest BCUT2D eigenvalue weighted by molar-refractivity contribution is 5.96. The van der Waals surface area contributed by atoms with E-state index in [1.165, 1.54) is 17.0 Å². The van der Waals surface area contributed by atoms with Crippen molar-refractivity contribution in [2.75, 3.05) is 31.7 Å². The number of rotatable bonds is 4. The summed E-state index contributed by atoms with van der Waals surface area (Å²) in [6.45, 7) is 2.09. The van der Waals surface area contributed by atoms with Crippen LogP contribution in [0.5, 0.6) is 0 Å². The molecule has 0 atom stereocenters. The van der Waals surface area contributed by atoms with Crippen molar-refractivity contribution in [1.82, 2.24) is 4.90 Å². The molecule has 0 unspecified atom stereocenters. The van der Waals surface area contributed by atoms with Crippen LogP contribution in [-0.2, 0) is 9.53 Å². The quantitative estimate of drug-likeness (QED) is 0.599. The Morgan fingerprint density at radius 3 is 2.56 bits per heavy atom. The molecular formula is C12H17N3O3. The van der Waals surface area contributed by atoms with Gasteiger partial charge in [-0.15, -0.1) is 0 Å². The molecule has 18 heavy (non-hydrogen) atoms. The van der Waals surface area contributed by atoms with Crippen molar-refractivity contribution in [2.45, 2.75) is 6.92 Å². The summed E-state index contributed by atoms with van der Waals surface area (Å²) in [5.74, 6) is -0.898. The van der Waals surface area contributed by atoms with Gasteiger partial charge in [0.2, 0.25) is 0 Å². The Balaban J connectivity index is 2.63. The van der Waals surface area contributed by atoms with Gasteiger partial charge < -0.3 is 21.1 Å². The lowest BCUT2D eigenvalue weighted by Gasteiger charge is -2.14. The first-order chi connectivity index (χ1) is 8.45. The summed E-state index contributed by atoms with van der Waals surface area (Å²) < 4.78 is 4.88. The molecule has 0 heterocycles. The van der Waals surface area contributed by atoms with E-state index in [0.29, 0.717) is 12.2 Å². The monoisotopic (exact) mass is 251 g/mol. The number of nitrogens with two attached hydrogens (primary N) is 2. The van der Waals surface area contributed by atoms with Gasteiger partial charge in [-0.1, -0.05) is 0 Å². The molecule has 0 aromatic heterocycles. The fourth-order valence-electron chi connectivity index (χ4n) is 1.26. The molecular weight excluding hydrogens is 234 g/mol. The summed E-state index contributed by atoms with van der Waals surface area (Å²) in [5.41, 5.74) is 12.1. The van der Waals surface area contributed by atoms with E-state index in [-0.39, 0.29) is 23.8 Å². The molecule has 1 aromatic carbocycles. The Morgan fingerprint density at radius 2 is 2.00 bits per heavy atom. The number of nitrogens with zero attached hydrogens (tertiary/aromatic N) is 1. The smallest absolute Gasteiger partial charge is 0.340 e. The Bertz CT molecular complexity index is 460. The molecule has 0 saturated heterocycles. The minimum Gasteiger partial charge on any atom is -0.452 e. The van der Waals surface area contributed by atoms with E-state index in [4.69, 9.17) is 16.2 Å². The van der Waals surface area contributed by atoms with E-state index in [1.54, 1.807) is 13.1 Å². The maximum Gasteiger partial charge on any atom is 0.340 e. The highest BCUT2D eigenvalue weighted by Gasteiger charge is 2.14. The third kappa shape index (κ3) is 3.38. The van der Waals surface area contributed by atoms with Gasteiger partial charge in [-0.25, -0.2) is 4.79 Å². The van der Waals surface area contributed by atoms with Gasteiger partial charge in [-0.3, -0.25) is 4.79 Å². The Labute approximate surface area is 105 Å². The van der Waals surface area contributed by atoms with Gasteiger partial charge >= 0.3 is 5.97 Å². The van der Waals surface area contributed by atoms with Crippen molar-refractivity contribution in [3.8, 4) is 0 Å². The molecule has 4 N–H and O–H groups in total. The van der Waals surface area contributed by atoms with Gasteiger partial charge in [-0.2, -0.15) is 0 Å². The molecule has 6 nitrogen and oxygen atoms in total. The van der Waals surface area contributed by atoms with E-state index >= 15 is 0 Å². The van der Waals surface area contributed by atoms with Crippen molar-refractivity contribution < 1.29 is 14.3 Å². The number of nitrogen functional groups attached to an aromatic ring is 2. The molecule has 0 saturated carbocycles. The number of hydrogen-bond acceptors (Lipinski definition) is 5. The van der Waals surface area contributed by atoms with Crippen molar-refractivity contribution in [2.24, 2.45) is 0 Å². The number of anilines is 2. The fraction of sp³-hybridized carbons (Fsp3) is 0.333. The molecule has 1 rings (SSSR count). The van der Waals surface area contributed by atoms with Gasteiger partial charge in [0.1, 0.15) is 0 Å². The van der Waals surface area contributed by atoms with E-state index < -0.39 is 5.97 Å². The second-order valence-corrected chi connectivity index (χ2v) is 3.83. The topological polar surface area (TPSA) is 98.6 Å². The number of carbonyl (C=O) groups excluding carboxylic acids is 2. The van der Waals surface area contributed by atoms with Crippen LogP contribution in [0.25, 0.3) is 0 Å². The van der Waals surface area contributed by atoms with Gasteiger partial charge in [0, 0.05) is 25.0 Å². The number of likely N-dealkylation sites (N-methyl/N-ethyl adjacent to an activating group) is 1. The minimum absolute atomic E-state index is 0.205. The lowest BCUT2D eigenvalue weighted by atomic mass is 10.1. The second kappa shape index (κ2) is 5.90. The van der Waals surface area contributed by atoms with Crippen molar-refractivity contribution in [3.63, 3.8) is 0 Å². The summed E-state index contributed by atoms with van der Waals surface area (Å²) in [6.07, 6.45) is 0. The molecule has 98 valence electrons. The zero-order valence-electron chi connectivity index (χ0n) is 10.5. The predicted octanol–water partition coefficient (Wildman–Crippen LogP) is 0.486. The average molecular weight is 251 g/mol. The predicted molar refractivity (Wildman–Crippen MR) is 68.9 cm³/mol. The first kappa shape index (κ1) is 13.8. The van der Waals surface area contributed by atoms with Crippen LogP contribution in [0.3, 0.4) is 0 Å². The Kier molecular flexibility index (Phi) is 4.53. The van der Waals surface area contributed by atoms with Gasteiger partial charge in [-0.05, 0) is 25.1 Å². The van der Waals surface area contributed by atoms with Crippen LogP contribution in [0.1, 0.15) is 17.3 Å². The van der Waals surface area contributed by atoms with Crippen LogP contribution in [0.15, 0.2) is 18.2 Å². The van der Waals surface area contributed by atoms with Crippen molar-refractivity contribution >= 4 is 23.3 Å². The van der Waals surface area contributed by atoms with E-state index in [9.17, 15) is 9.59 Å². The number of esters is 1. The molecule has 0 aliphatic heterocycles. The molecule has 0 fully saturated rings. The van der Waals surface area contributed by atoms with E-state index in [0.717, 1.165) is 0 Å². The van der Waals surface area contributed by atoms with Crippen molar-refractivity contribution in [1.29, 1.82) is 0 Å². The SMILES string of the molecule is CCN(C)C(=O)COC(=O)c1ccc(N)cc1N. The van der Waals surface area contributed by atoms with Gasteiger partial charge in [0.25, 0.3) is 5.91 Å². The third-order valence-corrected chi connectivity index (χ3v) is 2.52. The zero-order valence-corrected chi connectivity index (χ0v) is 10.5. The lowest BCUT2D eigenvalue weighted by Crippen LogP contribution is -2.31. The average Bonchev–Trinajstić information content (AvgIpc) is 2.34.